The van der Waals surface area contributed by atoms with Gasteiger partial charge in [0, 0.05) is 31.1 Å². The normalized spacial score (nSPS) is 22.9. The summed E-state index contributed by atoms with van der Waals surface area (Å²) in [5, 5.41) is 7.44. The van der Waals surface area contributed by atoms with Crippen molar-refractivity contribution >= 4 is 0 Å². The summed E-state index contributed by atoms with van der Waals surface area (Å²) in [6.07, 6.45) is 0. The van der Waals surface area contributed by atoms with Gasteiger partial charge in [-0.2, -0.15) is 4.98 Å². The second-order valence-electron chi connectivity index (χ2n) is 5.79. The Morgan fingerprint density at radius 3 is 2.82 bits per heavy atom. The van der Waals surface area contributed by atoms with Crippen LogP contribution in [0.25, 0.3) is 0 Å². The van der Waals surface area contributed by atoms with Gasteiger partial charge in [-0.3, -0.25) is 4.90 Å². The first-order valence-corrected chi connectivity index (χ1v) is 6.24. The van der Waals surface area contributed by atoms with Crippen molar-refractivity contribution in [3.05, 3.63) is 11.7 Å². The van der Waals surface area contributed by atoms with Gasteiger partial charge in [0.1, 0.15) is 0 Å². The average Bonchev–Trinajstić information content (AvgIpc) is 2.69. The minimum atomic E-state index is -0.0691. The van der Waals surface area contributed by atoms with E-state index >= 15 is 0 Å². The number of rotatable bonds is 2. The molecule has 1 atom stereocenters. The highest BCUT2D eigenvalue weighted by molar-refractivity contribution is 4.98. The van der Waals surface area contributed by atoms with Crippen LogP contribution >= 0.6 is 0 Å². The summed E-state index contributed by atoms with van der Waals surface area (Å²) in [7, 11) is 0. The van der Waals surface area contributed by atoms with Gasteiger partial charge >= 0.3 is 0 Å². The largest absolute Gasteiger partial charge is 0.339 e. The molecule has 0 spiro atoms. The van der Waals surface area contributed by atoms with E-state index in [1.165, 1.54) is 0 Å². The fourth-order valence-electron chi connectivity index (χ4n) is 1.92. The summed E-state index contributed by atoms with van der Waals surface area (Å²) in [4.78, 5) is 6.85. The molecule has 0 aromatic carbocycles. The molecule has 0 radical (unpaired) electrons. The molecule has 1 aromatic rings. The summed E-state index contributed by atoms with van der Waals surface area (Å²) in [5.41, 5.74) is -0.0691. The minimum Gasteiger partial charge on any atom is -0.339 e. The monoisotopic (exact) mass is 238 g/mol. The molecule has 2 heterocycles. The third kappa shape index (κ3) is 3.04. The van der Waals surface area contributed by atoms with Crippen LogP contribution in [0.3, 0.4) is 0 Å². The molecule has 1 fully saturated rings. The quantitative estimate of drug-likeness (QED) is 0.838. The number of aromatic nitrogens is 2. The molecule has 5 heteroatoms. The zero-order chi connectivity index (χ0) is 12.5. The highest BCUT2D eigenvalue weighted by Gasteiger charge is 2.24. The Bertz CT molecular complexity index is 369. The van der Waals surface area contributed by atoms with Crippen LogP contribution in [0.15, 0.2) is 4.52 Å². The van der Waals surface area contributed by atoms with Crippen molar-refractivity contribution < 1.29 is 4.52 Å². The molecule has 1 aliphatic heterocycles. The van der Waals surface area contributed by atoms with Gasteiger partial charge in [0.05, 0.1) is 6.54 Å². The molecule has 0 aliphatic carbocycles. The molecule has 1 saturated heterocycles. The molecule has 0 bridgehead atoms. The highest BCUT2D eigenvalue weighted by Crippen LogP contribution is 2.20. The lowest BCUT2D eigenvalue weighted by Gasteiger charge is -2.32. The molecule has 17 heavy (non-hydrogen) atoms. The molecule has 1 N–H and O–H groups in total. The maximum absolute atomic E-state index is 5.30. The molecular weight excluding hydrogens is 216 g/mol. The van der Waals surface area contributed by atoms with Gasteiger partial charge in [0.2, 0.25) is 5.89 Å². The van der Waals surface area contributed by atoms with Gasteiger partial charge in [-0.1, -0.05) is 25.9 Å². The molecule has 96 valence electrons. The van der Waals surface area contributed by atoms with Gasteiger partial charge in [0.25, 0.3) is 0 Å². The van der Waals surface area contributed by atoms with Crippen LogP contribution in [0.2, 0.25) is 0 Å². The van der Waals surface area contributed by atoms with E-state index in [9.17, 15) is 0 Å². The summed E-state index contributed by atoms with van der Waals surface area (Å²) in [5.74, 6) is 1.51. The second kappa shape index (κ2) is 4.74. The van der Waals surface area contributed by atoms with Crippen molar-refractivity contribution in [3.8, 4) is 0 Å². The summed E-state index contributed by atoms with van der Waals surface area (Å²) >= 11 is 0. The summed E-state index contributed by atoms with van der Waals surface area (Å²) in [6, 6.07) is 0.528. The van der Waals surface area contributed by atoms with E-state index < -0.39 is 0 Å². The predicted octanol–water partition coefficient (Wildman–Crippen LogP) is 1.16. The Kier molecular flexibility index (Phi) is 3.49. The lowest BCUT2D eigenvalue weighted by Crippen LogP contribution is -2.49. The van der Waals surface area contributed by atoms with E-state index in [1.807, 2.05) is 0 Å². The van der Waals surface area contributed by atoms with Gasteiger partial charge in [-0.05, 0) is 6.92 Å². The number of hydrogen-bond acceptors (Lipinski definition) is 5. The van der Waals surface area contributed by atoms with Gasteiger partial charge < -0.3 is 9.84 Å². The van der Waals surface area contributed by atoms with Crippen LogP contribution in [0.4, 0.5) is 0 Å². The fourth-order valence-corrected chi connectivity index (χ4v) is 1.92. The third-order valence-electron chi connectivity index (χ3n) is 3.09. The van der Waals surface area contributed by atoms with Gasteiger partial charge in [-0.15, -0.1) is 0 Å². The molecule has 1 unspecified atom stereocenters. The lowest BCUT2D eigenvalue weighted by molar-refractivity contribution is 0.160. The van der Waals surface area contributed by atoms with Crippen LogP contribution in [0, 0.1) is 0 Å². The van der Waals surface area contributed by atoms with Gasteiger partial charge in [-0.25, -0.2) is 0 Å². The molecule has 5 nitrogen and oxygen atoms in total. The predicted molar refractivity (Wildman–Crippen MR) is 65.7 cm³/mol. The molecule has 0 amide bonds. The maximum atomic E-state index is 5.30. The van der Waals surface area contributed by atoms with E-state index in [-0.39, 0.29) is 5.41 Å². The van der Waals surface area contributed by atoms with Crippen LogP contribution in [-0.4, -0.2) is 40.7 Å². The number of hydrogen-bond donors (Lipinski definition) is 1. The van der Waals surface area contributed by atoms with Gasteiger partial charge in [0.15, 0.2) is 5.82 Å². The number of piperazine rings is 1. The maximum Gasteiger partial charge on any atom is 0.232 e. The Labute approximate surface area is 103 Å². The zero-order valence-electron chi connectivity index (χ0n) is 11.2. The van der Waals surface area contributed by atoms with E-state index in [2.05, 4.69) is 48.1 Å². The molecule has 1 aromatic heterocycles. The summed E-state index contributed by atoms with van der Waals surface area (Å²) in [6.45, 7) is 12.4. The van der Waals surface area contributed by atoms with E-state index in [0.717, 1.165) is 37.9 Å². The fraction of sp³-hybridized carbons (Fsp3) is 0.833. The van der Waals surface area contributed by atoms with Crippen LogP contribution in [-0.2, 0) is 12.0 Å². The van der Waals surface area contributed by atoms with Crippen molar-refractivity contribution in [1.82, 2.24) is 20.4 Å². The molecular formula is C12H22N4O. The van der Waals surface area contributed by atoms with E-state index in [0.29, 0.717) is 6.04 Å². The van der Waals surface area contributed by atoms with E-state index in [4.69, 9.17) is 4.52 Å². The van der Waals surface area contributed by atoms with Crippen molar-refractivity contribution in [2.75, 3.05) is 19.6 Å². The molecule has 2 rings (SSSR count). The Hall–Kier alpha value is -0.940. The Balaban J connectivity index is 2.01. The number of nitrogens with one attached hydrogen (secondary N) is 1. The highest BCUT2D eigenvalue weighted by atomic mass is 16.5. The van der Waals surface area contributed by atoms with Crippen molar-refractivity contribution in [2.45, 2.75) is 45.7 Å². The first kappa shape index (κ1) is 12.5. The van der Waals surface area contributed by atoms with Crippen LogP contribution in [0.1, 0.15) is 39.4 Å². The third-order valence-corrected chi connectivity index (χ3v) is 3.09. The first-order valence-electron chi connectivity index (χ1n) is 6.24. The number of nitrogens with zero attached hydrogens (tertiary/aromatic N) is 3. The second-order valence-corrected chi connectivity index (χ2v) is 5.79. The van der Waals surface area contributed by atoms with Crippen molar-refractivity contribution in [3.63, 3.8) is 0 Å². The minimum absolute atomic E-state index is 0.0691. The molecule has 1 aliphatic rings. The Morgan fingerprint density at radius 2 is 2.24 bits per heavy atom. The van der Waals surface area contributed by atoms with Crippen molar-refractivity contribution in [1.29, 1.82) is 0 Å². The topological polar surface area (TPSA) is 54.2 Å². The van der Waals surface area contributed by atoms with Crippen molar-refractivity contribution in [2.24, 2.45) is 0 Å². The first-order chi connectivity index (χ1) is 7.97. The lowest BCUT2D eigenvalue weighted by atomic mass is 9.97. The SMILES string of the molecule is CC1CNCCN1Cc1noc(C(C)(C)C)n1. The molecule has 0 saturated carbocycles. The zero-order valence-corrected chi connectivity index (χ0v) is 11.2. The summed E-state index contributed by atoms with van der Waals surface area (Å²) < 4.78 is 5.30. The van der Waals surface area contributed by atoms with Crippen LogP contribution in [0.5, 0.6) is 0 Å². The van der Waals surface area contributed by atoms with Crippen LogP contribution < -0.4 is 5.32 Å². The smallest absolute Gasteiger partial charge is 0.232 e. The standard InChI is InChI=1S/C12H22N4O/c1-9-7-13-5-6-16(9)8-10-14-11(17-15-10)12(2,3)4/h9,13H,5-8H2,1-4H3. The van der Waals surface area contributed by atoms with E-state index in [1.54, 1.807) is 0 Å². The average molecular weight is 238 g/mol. The Morgan fingerprint density at radius 1 is 1.47 bits per heavy atom.